The van der Waals surface area contributed by atoms with E-state index in [4.69, 9.17) is 9.84 Å². The lowest BCUT2D eigenvalue weighted by Gasteiger charge is -2.25. The largest absolute Gasteiger partial charge is 0.383 e. The summed E-state index contributed by atoms with van der Waals surface area (Å²) in [6, 6.07) is 5.55. The number of aromatic nitrogens is 4. The number of hydrogen-bond donors (Lipinski definition) is 2. The Morgan fingerprint density at radius 3 is 2.58 bits per heavy atom. The third-order valence-electron chi connectivity index (χ3n) is 6.36. The first-order chi connectivity index (χ1) is 15.8. The van der Waals surface area contributed by atoms with Gasteiger partial charge in [0.1, 0.15) is 0 Å². The zero-order chi connectivity index (χ0) is 23.6. The van der Waals surface area contributed by atoms with Crippen molar-refractivity contribution in [3.05, 3.63) is 36.3 Å². The molecule has 178 valence electrons. The number of ether oxygens (including phenoxy) is 1. The van der Waals surface area contributed by atoms with Crippen LogP contribution in [-0.4, -0.2) is 54.8 Å². The van der Waals surface area contributed by atoms with Crippen molar-refractivity contribution < 1.29 is 13.2 Å². The third-order valence-corrected chi connectivity index (χ3v) is 7.69. The molecule has 10 heteroatoms. The van der Waals surface area contributed by atoms with E-state index in [9.17, 15) is 8.42 Å². The molecule has 1 atom stereocenters. The lowest BCUT2D eigenvalue weighted by Crippen LogP contribution is -2.23. The zero-order valence-electron chi connectivity index (χ0n) is 19.6. The minimum absolute atomic E-state index is 0.00590. The minimum atomic E-state index is -3.59. The van der Waals surface area contributed by atoms with Gasteiger partial charge in [-0.25, -0.2) is 27.6 Å². The molecule has 9 nitrogen and oxygen atoms in total. The predicted octanol–water partition coefficient (Wildman–Crippen LogP) is 3.44. The monoisotopic (exact) mass is 472 g/mol. The van der Waals surface area contributed by atoms with Crippen LogP contribution in [0.5, 0.6) is 0 Å². The van der Waals surface area contributed by atoms with E-state index < -0.39 is 10.0 Å². The number of methoxy groups -OCH3 is 1. The highest BCUT2D eigenvalue weighted by atomic mass is 32.2. The van der Waals surface area contributed by atoms with Crippen molar-refractivity contribution in [1.82, 2.24) is 24.3 Å². The standard InChI is InChI=1S/C23H32N6O3S/c1-15-5-7-17(8-6-15)20-11-19(18-9-10-22(25-12-18)33(30,31)24-3)21-13-26-23(28-29(20)21)27-16(2)14-32-4/h9-13,15-17,24H,5-8,14H2,1-4H3,(H,27,28)/t15?,16-,17?/m0/s1. The highest BCUT2D eigenvalue weighted by Crippen LogP contribution is 2.39. The Hall–Kier alpha value is -2.56. The van der Waals surface area contributed by atoms with E-state index in [-0.39, 0.29) is 11.1 Å². The van der Waals surface area contributed by atoms with Gasteiger partial charge in [0.25, 0.3) is 10.0 Å². The molecule has 3 aromatic heterocycles. The molecular weight excluding hydrogens is 440 g/mol. The number of hydrogen-bond acceptors (Lipinski definition) is 7. The lowest BCUT2D eigenvalue weighted by molar-refractivity contribution is 0.190. The van der Waals surface area contributed by atoms with Crippen LogP contribution in [0.1, 0.15) is 51.1 Å². The highest BCUT2D eigenvalue weighted by Gasteiger charge is 2.25. The number of sulfonamides is 1. The maximum absolute atomic E-state index is 12.1. The molecule has 0 unspecified atom stereocenters. The maximum atomic E-state index is 12.1. The molecule has 0 spiro atoms. The van der Waals surface area contributed by atoms with Crippen LogP contribution >= 0.6 is 0 Å². The Labute approximate surface area is 195 Å². The van der Waals surface area contributed by atoms with Gasteiger partial charge in [0.15, 0.2) is 5.03 Å². The molecule has 0 bridgehead atoms. The number of rotatable bonds is 8. The van der Waals surface area contributed by atoms with E-state index in [2.05, 4.69) is 33.0 Å². The van der Waals surface area contributed by atoms with E-state index in [1.165, 1.54) is 26.0 Å². The van der Waals surface area contributed by atoms with Gasteiger partial charge in [-0.15, -0.1) is 5.10 Å². The quantitative estimate of drug-likeness (QED) is 0.517. The summed E-state index contributed by atoms with van der Waals surface area (Å²) in [6.45, 7) is 4.89. The summed E-state index contributed by atoms with van der Waals surface area (Å²) in [6.07, 6.45) is 8.06. The summed E-state index contributed by atoms with van der Waals surface area (Å²) in [5, 5.41) is 8.11. The summed E-state index contributed by atoms with van der Waals surface area (Å²) >= 11 is 0. The Morgan fingerprint density at radius 2 is 1.94 bits per heavy atom. The second-order valence-electron chi connectivity index (χ2n) is 8.91. The molecule has 0 radical (unpaired) electrons. The van der Waals surface area contributed by atoms with Gasteiger partial charge in [-0.3, -0.25) is 0 Å². The Kier molecular flexibility index (Phi) is 6.96. The number of pyridine rings is 1. The van der Waals surface area contributed by atoms with Crippen molar-refractivity contribution in [3.8, 4) is 11.1 Å². The average molecular weight is 473 g/mol. The van der Waals surface area contributed by atoms with Crippen molar-refractivity contribution in [1.29, 1.82) is 0 Å². The van der Waals surface area contributed by atoms with Gasteiger partial charge in [0, 0.05) is 42.1 Å². The zero-order valence-corrected chi connectivity index (χ0v) is 20.4. The summed E-state index contributed by atoms with van der Waals surface area (Å²) < 4.78 is 33.6. The van der Waals surface area contributed by atoms with Gasteiger partial charge < -0.3 is 10.1 Å². The molecule has 2 N–H and O–H groups in total. The maximum Gasteiger partial charge on any atom is 0.257 e. The fourth-order valence-electron chi connectivity index (χ4n) is 4.47. The molecule has 4 rings (SSSR count). The summed E-state index contributed by atoms with van der Waals surface area (Å²) in [5.41, 5.74) is 3.80. The van der Waals surface area contributed by atoms with Crippen LogP contribution < -0.4 is 10.0 Å². The van der Waals surface area contributed by atoms with E-state index in [1.54, 1.807) is 19.4 Å². The van der Waals surface area contributed by atoms with Crippen LogP contribution in [-0.2, 0) is 14.8 Å². The highest BCUT2D eigenvalue weighted by molar-refractivity contribution is 7.89. The fraction of sp³-hybridized carbons (Fsp3) is 0.522. The van der Waals surface area contributed by atoms with Crippen LogP contribution in [0.15, 0.2) is 35.6 Å². The van der Waals surface area contributed by atoms with Crippen molar-refractivity contribution in [2.75, 3.05) is 26.1 Å². The number of anilines is 1. The number of nitrogens with one attached hydrogen (secondary N) is 2. The van der Waals surface area contributed by atoms with Crippen molar-refractivity contribution in [3.63, 3.8) is 0 Å². The number of nitrogens with zero attached hydrogens (tertiary/aromatic N) is 4. The molecule has 0 aliphatic heterocycles. The molecule has 0 saturated heterocycles. The van der Waals surface area contributed by atoms with Gasteiger partial charge in [0.2, 0.25) is 5.95 Å². The molecule has 1 saturated carbocycles. The number of fused-ring (bicyclic) bond motifs is 1. The fourth-order valence-corrected chi connectivity index (χ4v) is 5.12. The molecule has 0 aromatic carbocycles. The second-order valence-corrected chi connectivity index (χ2v) is 10.7. The van der Waals surface area contributed by atoms with Gasteiger partial charge in [-0.1, -0.05) is 19.8 Å². The first-order valence-corrected chi connectivity index (χ1v) is 12.8. The van der Waals surface area contributed by atoms with E-state index in [1.807, 2.05) is 17.6 Å². The first kappa shape index (κ1) is 23.6. The lowest BCUT2D eigenvalue weighted by atomic mass is 9.81. The van der Waals surface area contributed by atoms with Crippen LogP contribution in [0.4, 0.5) is 5.95 Å². The van der Waals surface area contributed by atoms with Gasteiger partial charge >= 0.3 is 0 Å². The van der Waals surface area contributed by atoms with Gasteiger partial charge in [-0.05, 0) is 50.9 Å². The van der Waals surface area contributed by atoms with Crippen LogP contribution in [0.25, 0.3) is 16.6 Å². The van der Waals surface area contributed by atoms with Crippen LogP contribution in [0.2, 0.25) is 0 Å². The van der Waals surface area contributed by atoms with Crippen molar-refractivity contribution >= 4 is 21.5 Å². The van der Waals surface area contributed by atoms with Crippen LogP contribution in [0, 0.1) is 5.92 Å². The molecule has 3 heterocycles. The van der Waals surface area contributed by atoms with Crippen LogP contribution in [0.3, 0.4) is 0 Å². The molecular formula is C23H32N6O3S. The van der Waals surface area contributed by atoms with Crippen molar-refractivity contribution in [2.24, 2.45) is 5.92 Å². The SMILES string of the molecule is CNS(=O)(=O)c1ccc(-c2cc(C3CCC(C)CC3)n3nc(N[C@@H](C)COC)ncc23)cn1. The molecule has 0 amide bonds. The van der Waals surface area contributed by atoms with Gasteiger partial charge in [-0.2, -0.15) is 0 Å². The molecule has 1 aliphatic rings. The molecule has 1 fully saturated rings. The normalized spacial score (nSPS) is 20.1. The van der Waals surface area contributed by atoms with Crippen molar-refractivity contribution in [2.45, 2.75) is 56.5 Å². The Morgan fingerprint density at radius 1 is 1.18 bits per heavy atom. The van der Waals surface area contributed by atoms with E-state index in [0.717, 1.165) is 41.1 Å². The Balaban J connectivity index is 1.76. The average Bonchev–Trinajstić information content (AvgIpc) is 3.18. The topological polar surface area (TPSA) is 111 Å². The Bertz CT molecular complexity index is 1200. The molecule has 33 heavy (non-hydrogen) atoms. The van der Waals surface area contributed by atoms with E-state index in [0.29, 0.717) is 18.5 Å². The minimum Gasteiger partial charge on any atom is -0.383 e. The predicted molar refractivity (Wildman–Crippen MR) is 128 cm³/mol. The molecule has 3 aromatic rings. The second kappa shape index (κ2) is 9.74. The summed E-state index contributed by atoms with van der Waals surface area (Å²) in [5.74, 6) is 1.71. The molecule has 1 aliphatic carbocycles. The first-order valence-electron chi connectivity index (χ1n) is 11.4. The van der Waals surface area contributed by atoms with Gasteiger partial charge in [0.05, 0.1) is 18.3 Å². The van der Waals surface area contributed by atoms with E-state index >= 15 is 0 Å². The third kappa shape index (κ3) is 5.02. The smallest absolute Gasteiger partial charge is 0.257 e. The summed E-state index contributed by atoms with van der Waals surface area (Å²) in [7, 11) is -0.543. The summed E-state index contributed by atoms with van der Waals surface area (Å²) in [4.78, 5) is 8.72.